The predicted molar refractivity (Wildman–Crippen MR) is 86.2 cm³/mol. The molecule has 3 heterocycles. The van der Waals surface area contributed by atoms with E-state index in [-0.39, 0.29) is 37.1 Å². The molecule has 2 aliphatic rings. The van der Waals surface area contributed by atoms with Crippen LogP contribution in [0.3, 0.4) is 0 Å². The molecule has 1 spiro atoms. The monoisotopic (exact) mass is 423 g/mol. The van der Waals surface area contributed by atoms with E-state index in [2.05, 4.69) is 15.3 Å². The van der Waals surface area contributed by atoms with Crippen LogP contribution < -0.4 is 5.32 Å². The van der Waals surface area contributed by atoms with E-state index >= 15 is 0 Å². The number of alkyl halides is 5. The van der Waals surface area contributed by atoms with Crippen molar-refractivity contribution in [1.29, 1.82) is 0 Å². The normalized spacial score (nSPS) is 23.8. The Bertz CT molecular complexity index is 943. The van der Waals surface area contributed by atoms with Crippen molar-refractivity contribution < 1.29 is 31.1 Å². The quantitative estimate of drug-likeness (QED) is 0.537. The molecule has 11 heteroatoms. The lowest BCUT2D eigenvalue weighted by Crippen LogP contribution is -2.45. The van der Waals surface area contributed by atoms with Crippen LogP contribution in [-0.2, 0) is 22.4 Å². The Hall–Kier alpha value is -1.91. The van der Waals surface area contributed by atoms with Gasteiger partial charge in [0.25, 0.3) is 5.92 Å². The lowest BCUT2D eigenvalue weighted by Gasteiger charge is -2.38. The van der Waals surface area contributed by atoms with Crippen LogP contribution >= 0.6 is 11.6 Å². The molecule has 150 valence electrons. The number of nitrogens with one attached hydrogen (secondary N) is 1. The molecule has 1 aliphatic carbocycles. The summed E-state index contributed by atoms with van der Waals surface area (Å²) in [5.41, 5.74) is -3.39. The minimum absolute atomic E-state index is 0.0374. The Balaban J connectivity index is 1.89. The Morgan fingerprint density at radius 2 is 1.93 bits per heavy atom. The van der Waals surface area contributed by atoms with Gasteiger partial charge in [0.1, 0.15) is 10.8 Å². The zero-order valence-corrected chi connectivity index (χ0v) is 14.8. The fraction of sp³-hybridized carbons (Fsp3) is 0.412. The van der Waals surface area contributed by atoms with Crippen LogP contribution in [0.25, 0.3) is 11.4 Å². The number of rotatable bonds is 1. The largest absolute Gasteiger partial charge is 0.417 e. The Kier molecular flexibility index (Phi) is 4.36. The summed E-state index contributed by atoms with van der Waals surface area (Å²) >= 11 is 6.01. The minimum Gasteiger partial charge on any atom is -0.364 e. The smallest absolute Gasteiger partial charge is 0.364 e. The summed E-state index contributed by atoms with van der Waals surface area (Å²) in [6.07, 6.45) is -4.76. The molecular formula is C17H12ClF6N3O. The van der Waals surface area contributed by atoms with Crippen LogP contribution in [0, 0.1) is 5.82 Å². The number of fused-ring (bicyclic) bond motifs is 2. The molecule has 0 amide bonds. The molecule has 2 aromatic heterocycles. The van der Waals surface area contributed by atoms with Gasteiger partial charge in [0.05, 0.1) is 35.7 Å². The molecule has 4 nitrogen and oxygen atoms in total. The second-order valence-electron chi connectivity index (χ2n) is 6.73. The number of hydrogen-bond acceptors (Lipinski definition) is 4. The van der Waals surface area contributed by atoms with Crippen LogP contribution in [0.2, 0.25) is 5.15 Å². The van der Waals surface area contributed by atoms with Crippen molar-refractivity contribution in [3.05, 3.63) is 46.0 Å². The molecule has 28 heavy (non-hydrogen) atoms. The van der Waals surface area contributed by atoms with Crippen LogP contribution in [-0.4, -0.2) is 23.3 Å². The van der Waals surface area contributed by atoms with Gasteiger partial charge in [-0.25, -0.2) is 18.2 Å². The number of halogens is 7. The molecule has 1 fully saturated rings. The van der Waals surface area contributed by atoms with Crippen LogP contribution in [0.4, 0.5) is 26.3 Å². The topological polar surface area (TPSA) is 47.0 Å². The van der Waals surface area contributed by atoms with E-state index in [0.29, 0.717) is 6.20 Å². The molecule has 0 radical (unpaired) electrons. The molecule has 1 saturated heterocycles. The SMILES string of the molecule is Fc1cc(C(F)(F)F)cnc1-c1cc2c(c(Cl)n1)C(F)(F)CC[C@@]21COCN1. The van der Waals surface area contributed by atoms with Gasteiger partial charge in [-0.05, 0) is 24.1 Å². The molecule has 0 unspecified atom stereocenters. The van der Waals surface area contributed by atoms with E-state index in [4.69, 9.17) is 16.3 Å². The zero-order valence-electron chi connectivity index (χ0n) is 14.0. The van der Waals surface area contributed by atoms with E-state index < -0.39 is 51.8 Å². The molecule has 1 atom stereocenters. The van der Waals surface area contributed by atoms with Crippen molar-refractivity contribution in [1.82, 2.24) is 15.3 Å². The summed E-state index contributed by atoms with van der Waals surface area (Å²) < 4.78 is 86.8. The van der Waals surface area contributed by atoms with Crippen LogP contribution in [0.1, 0.15) is 29.5 Å². The molecule has 4 rings (SSSR count). The van der Waals surface area contributed by atoms with E-state index in [1.165, 1.54) is 6.07 Å². The Morgan fingerprint density at radius 1 is 1.18 bits per heavy atom. The predicted octanol–water partition coefficient (Wildman–Crippen LogP) is 4.61. The lowest BCUT2D eigenvalue weighted by atomic mass is 9.76. The van der Waals surface area contributed by atoms with Crippen molar-refractivity contribution in [2.45, 2.75) is 30.5 Å². The van der Waals surface area contributed by atoms with Crippen molar-refractivity contribution in [3.8, 4) is 11.4 Å². The molecule has 0 bridgehead atoms. The van der Waals surface area contributed by atoms with E-state index in [1.807, 2.05) is 0 Å². The highest BCUT2D eigenvalue weighted by molar-refractivity contribution is 6.30. The van der Waals surface area contributed by atoms with Gasteiger partial charge in [-0.3, -0.25) is 10.3 Å². The first-order valence-corrected chi connectivity index (χ1v) is 8.56. The second-order valence-corrected chi connectivity index (χ2v) is 7.09. The molecule has 0 aromatic carbocycles. The summed E-state index contributed by atoms with van der Waals surface area (Å²) in [7, 11) is 0. The van der Waals surface area contributed by atoms with E-state index in [1.54, 1.807) is 0 Å². The van der Waals surface area contributed by atoms with Gasteiger partial charge in [-0.2, -0.15) is 13.2 Å². The lowest BCUT2D eigenvalue weighted by molar-refractivity contribution is -0.138. The number of pyridine rings is 2. The van der Waals surface area contributed by atoms with Crippen LogP contribution in [0.15, 0.2) is 18.3 Å². The average molecular weight is 424 g/mol. The maximum atomic E-state index is 14.5. The highest BCUT2D eigenvalue weighted by Gasteiger charge is 2.51. The zero-order chi connectivity index (χ0) is 20.3. The third kappa shape index (κ3) is 3.03. The third-order valence-corrected chi connectivity index (χ3v) is 5.27. The van der Waals surface area contributed by atoms with Gasteiger partial charge in [0.2, 0.25) is 0 Å². The number of hydrogen-bond donors (Lipinski definition) is 1. The van der Waals surface area contributed by atoms with Crippen molar-refractivity contribution >= 4 is 11.6 Å². The number of aromatic nitrogens is 2. The fourth-order valence-corrected chi connectivity index (χ4v) is 3.90. The van der Waals surface area contributed by atoms with Crippen molar-refractivity contribution in [2.24, 2.45) is 0 Å². The first kappa shape index (κ1) is 19.4. The maximum absolute atomic E-state index is 14.5. The van der Waals surface area contributed by atoms with Gasteiger partial charge >= 0.3 is 6.18 Å². The summed E-state index contributed by atoms with van der Waals surface area (Å²) in [5.74, 6) is -4.54. The summed E-state index contributed by atoms with van der Waals surface area (Å²) in [6, 6.07) is 1.47. The minimum atomic E-state index is -4.77. The average Bonchev–Trinajstić information content (AvgIpc) is 3.07. The highest BCUT2D eigenvalue weighted by Crippen LogP contribution is 2.51. The molecule has 1 N–H and O–H groups in total. The van der Waals surface area contributed by atoms with Gasteiger partial charge < -0.3 is 4.74 Å². The van der Waals surface area contributed by atoms with E-state index in [0.717, 1.165) is 0 Å². The van der Waals surface area contributed by atoms with Gasteiger partial charge in [0.15, 0.2) is 5.82 Å². The number of ether oxygens (including phenoxy) is 1. The first-order chi connectivity index (χ1) is 13.0. The second kappa shape index (κ2) is 6.30. The maximum Gasteiger partial charge on any atom is 0.417 e. The highest BCUT2D eigenvalue weighted by atomic mass is 35.5. The fourth-order valence-electron chi connectivity index (χ4n) is 3.57. The summed E-state index contributed by atoms with van der Waals surface area (Å²) in [6.45, 7) is 0.228. The van der Waals surface area contributed by atoms with Crippen LogP contribution in [0.5, 0.6) is 0 Å². The molecule has 2 aromatic rings. The Labute approximate surface area is 159 Å². The molecule has 0 saturated carbocycles. The standard InChI is InChI=1S/C17H12ClF6N3O/c18-14-12-9(15(6-28-7-26-15)1-2-16(12,20)21)4-11(27-14)13-10(19)3-8(5-25-13)17(22,23)24/h3-5,26H,1-2,6-7H2/t15-/m1/s1. The third-order valence-electron chi connectivity index (χ3n) is 4.99. The van der Waals surface area contributed by atoms with Gasteiger partial charge in [-0.1, -0.05) is 11.6 Å². The van der Waals surface area contributed by atoms with Gasteiger partial charge in [-0.15, -0.1) is 0 Å². The summed E-state index contributed by atoms with van der Waals surface area (Å²) in [4.78, 5) is 7.29. The van der Waals surface area contributed by atoms with Gasteiger partial charge in [0, 0.05) is 12.6 Å². The molecule has 1 aliphatic heterocycles. The van der Waals surface area contributed by atoms with Crippen molar-refractivity contribution in [3.63, 3.8) is 0 Å². The Morgan fingerprint density at radius 3 is 2.54 bits per heavy atom. The van der Waals surface area contributed by atoms with Crippen molar-refractivity contribution in [2.75, 3.05) is 13.3 Å². The molecular weight excluding hydrogens is 412 g/mol. The first-order valence-electron chi connectivity index (χ1n) is 8.19. The summed E-state index contributed by atoms with van der Waals surface area (Å²) in [5, 5.41) is 2.46. The van der Waals surface area contributed by atoms with E-state index in [9.17, 15) is 26.3 Å². The number of nitrogens with zero attached hydrogens (tertiary/aromatic N) is 2.